The molecule has 0 spiro atoms. The number of benzene rings is 1. The average molecular weight is 328 g/mol. The van der Waals surface area contributed by atoms with Gasteiger partial charge in [-0.05, 0) is 38.8 Å². The Hall–Kier alpha value is -2.43. The van der Waals surface area contributed by atoms with E-state index in [1.165, 1.54) is 5.56 Å². The van der Waals surface area contributed by atoms with Crippen LogP contribution in [0.15, 0.2) is 30.3 Å². The number of ketones is 1. The molecule has 5 heteroatoms. The number of ether oxygens (including phenoxy) is 1. The van der Waals surface area contributed by atoms with E-state index >= 15 is 0 Å². The minimum Gasteiger partial charge on any atom is -0.454 e. The van der Waals surface area contributed by atoms with Gasteiger partial charge < -0.3 is 4.74 Å². The number of carbonyl (C=O) groups excluding carboxylic acids is 2. The summed E-state index contributed by atoms with van der Waals surface area (Å²) in [5.74, 6) is -0.578. The van der Waals surface area contributed by atoms with Gasteiger partial charge in [-0.3, -0.25) is 14.3 Å². The molecule has 0 aliphatic rings. The molecule has 1 heterocycles. The van der Waals surface area contributed by atoms with Crippen LogP contribution in [0.5, 0.6) is 0 Å². The van der Waals surface area contributed by atoms with Crippen LogP contribution >= 0.6 is 0 Å². The summed E-state index contributed by atoms with van der Waals surface area (Å²) < 4.78 is 7.03. The molecule has 128 valence electrons. The maximum absolute atomic E-state index is 12.3. The number of hydrogen-bond donors (Lipinski definition) is 0. The molecule has 0 amide bonds. The molecule has 24 heavy (non-hydrogen) atoms. The van der Waals surface area contributed by atoms with Gasteiger partial charge in [0.2, 0.25) is 5.78 Å². The van der Waals surface area contributed by atoms with Crippen LogP contribution in [0.3, 0.4) is 0 Å². The second-order valence-corrected chi connectivity index (χ2v) is 5.95. The van der Waals surface area contributed by atoms with Crippen LogP contribution in [0.25, 0.3) is 0 Å². The minimum absolute atomic E-state index is 0.183. The van der Waals surface area contributed by atoms with E-state index in [9.17, 15) is 9.59 Å². The highest BCUT2D eigenvalue weighted by Crippen LogP contribution is 2.10. The van der Waals surface area contributed by atoms with Crippen molar-refractivity contribution in [3.05, 3.63) is 52.8 Å². The van der Waals surface area contributed by atoms with Crippen LogP contribution in [0.2, 0.25) is 0 Å². The fourth-order valence-electron chi connectivity index (χ4n) is 2.55. The van der Waals surface area contributed by atoms with Crippen LogP contribution in [0, 0.1) is 13.8 Å². The van der Waals surface area contributed by atoms with Gasteiger partial charge in [0.05, 0.1) is 18.7 Å². The van der Waals surface area contributed by atoms with E-state index in [0.717, 1.165) is 17.8 Å². The van der Waals surface area contributed by atoms with Crippen molar-refractivity contribution in [2.75, 3.05) is 0 Å². The number of esters is 1. The van der Waals surface area contributed by atoms with Crippen LogP contribution in [0.1, 0.15) is 47.6 Å². The lowest BCUT2D eigenvalue weighted by molar-refractivity contribution is -0.146. The van der Waals surface area contributed by atoms with Crippen molar-refractivity contribution in [2.45, 2.75) is 53.2 Å². The van der Waals surface area contributed by atoms with Gasteiger partial charge in [0.15, 0.2) is 6.10 Å². The fraction of sp³-hybridized carbons (Fsp3) is 0.421. The molecular weight excluding hydrogens is 304 g/mol. The molecule has 1 unspecified atom stereocenters. The Morgan fingerprint density at radius 3 is 2.42 bits per heavy atom. The van der Waals surface area contributed by atoms with E-state index < -0.39 is 12.1 Å². The zero-order valence-electron chi connectivity index (χ0n) is 14.7. The Labute approximate surface area is 142 Å². The summed E-state index contributed by atoms with van der Waals surface area (Å²) in [5, 5.41) is 4.30. The zero-order chi connectivity index (χ0) is 17.7. The third-order valence-electron chi connectivity index (χ3n) is 3.96. The maximum atomic E-state index is 12.3. The standard InChI is InChI=1S/C19H24N2O3/c1-5-16-6-8-17(9-7-16)19(23)15(4)24-18(22)10-11-21-14(3)12-13(2)20-21/h6-9,12,15H,5,10-11H2,1-4H3. The third kappa shape index (κ3) is 4.54. The molecule has 0 aliphatic heterocycles. The van der Waals surface area contributed by atoms with Gasteiger partial charge in [-0.25, -0.2) is 0 Å². The Bertz CT molecular complexity index is 717. The van der Waals surface area contributed by atoms with E-state index in [1.54, 1.807) is 23.7 Å². The first-order chi connectivity index (χ1) is 11.4. The molecule has 2 aromatic rings. The van der Waals surface area contributed by atoms with Gasteiger partial charge in [0, 0.05) is 11.3 Å². The lowest BCUT2D eigenvalue weighted by Gasteiger charge is -2.13. The zero-order valence-corrected chi connectivity index (χ0v) is 14.7. The molecule has 1 aromatic carbocycles. The van der Waals surface area contributed by atoms with Crippen LogP contribution in [0.4, 0.5) is 0 Å². The molecule has 1 aromatic heterocycles. The molecule has 0 radical (unpaired) electrons. The second-order valence-electron chi connectivity index (χ2n) is 5.95. The van der Waals surface area contributed by atoms with Crippen molar-refractivity contribution in [1.29, 1.82) is 0 Å². The molecule has 0 saturated heterocycles. The van der Waals surface area contributed by atoms with Crippen LogP contribution in [-0.2, 0) is 22.5 Å². The molecule has 1 atom stereocenters. The molecule has 0 fully saturated rings. The molecule has 0 aliphatic carbocycles. The Balaban J connectivity index is 1.88. The second kappa shape index (κ2) is 7.90. The van der Waals surface area contributed by atoms with Crippen molar-refractivity contribution < 1.29 is 14.3 Å². The predicted molar refractivity (Wildman–Crippen MR) is 92.0 cm³/mol. The van der Waals surface area contributed by atoms with Gasteiger partial charge in [0.25, 0.3) is 0 Å². The first-order valence-electron chi connectivity index (χ1n) is 8.24. The molecule has 5 nitrogen and oxygen atoms in total. The molecule has 0 bridgehead atoms. The van der Waals surface area contributed by atoms with E-state index in [2.05, 4.69) is 12.0 Å². The normalized spacial score (nSPS) is 12.0. The number of hydrogen-bond acceptors (Lipinski definition) is 4. The monoisotopic (exact) mass is 328 g/mol. The van der Waals surface area contributed by atoms with Crippen molar-refractivity contribution in [2.24, 2.45) is 0 Å². The summed E-state index contributed by atoms with van der Waals surface area (Å²) in [6.07, 6.45) is 0.324. The summed E-state index contributed by atoms with van der Waals surface area (Å²) in [7, 11) is 0. The molecule has 0 N–H and O–H groups in total. The summed E-state index contributed by atoms with van der Waals surface area (Å²) in [6, 6.07) is 9.36. The van der Waals surface area contributed by atoms with Gasteiger partial charge in [-0.1, -0.05) is 31.2 Å². The fourth-order valence-corrected chi connectivity index (χ4v) is 2.55. The largest absolute Gasteiger partial charge is 0.454 e. The van der Waals surface area contributed by atoms with Gasteiger partial charge in [0.1, 0.15) is 0 Å². The maximum Gasteiger partial charge on any atom is 0.308 e. The van der Waals surface area contributed by atoms with E-state index in [-0.39, 0.29) is 12.2 Å². The lowest BCUT2D eigenvalue weighted by atomic mass is 10.0. The highest BCUT2D eigenvalue weighted by atomic mass is 16.5. The van der Waals surface area contributed by atoms with Crippen molar-refractivity contribution in [1.82, 2.24) is 9.78 Å². The smallest absolute Gasteiger partial charge is 0.308 e. The van der Waals surface area contributed by atoms with E-state index in [1.807, 2.05) is 32.0 Å². The first kappa shape index (κ1) is 17.9. The number of carbonyl (C=O) groups is 2. The minimum atomic E-state index is -0.787. The van der Waals surface area contributed by atoms with Crippen LogP contribution < -0.4 is 0 Å². The number of Topliss-reactive ketones (excluding diaryl/α,β-unsaturated/α-hetero) is 1. The summed E-state index contributed by atoms with van der Waals surface area (Å²) in [5.41, 5.74) is 3.65. The van der Waals surface area contributed by atoms with Gasteiger partial charge in [-0.2, -0.15) is 5.10 Å². The highest BCUT2D eigenvalue weighted by molar-refractivity contribution is 6.00. The Morgan fingerprint density at radius 1 is 1.21 bits per heavy atom. The predicted octanol–water partition coefficient (Wildman–Crippen LogP) is 3.27. The number of aryl methyl sites for hydroxylation is 4. The average Bonchev–Trinajstić information content (AvgIpc) is 2.89. The molecular formula is C19H24N2O3. The lowest BCUT2D eigenvalue weighted by Crippen LogP contribution is -2.25. The Kier molecular flexibility index (Phi) is 5.90. The first-order valence-corrected chi connectivity index (χ1v) is 8.24. The number of aromatic nitrogens is 2. The van der Waals surface area contributed by atoms with Crippen molar-refractivity contribution >= 4 is 11.8 Å². The third-order valence-corrected chi connectivity index (χ3v) is 3.96. The SMILES string of the molecule is CCc1ccc(C(=O)C(C)OC(=O)CCn2nc(C)cc2C)cc1. The summed E-state index contributed by atoms with van der Waals surface area (Å²) >= 11 is 0. The van der Waals surface area contributed by atoms with Gasteiger partial charge in [-0.15, -0.1) is 0 Å². The van der Waals surface area contributed by atoms with Gasteiger partial charge >= 0.3 is 5.97 Å². The molecule has 2 rings (SSSR count). The topological polar surface area (TPSA) is 61.2 Å². The highest BCUT2D eigenvalue weighted by Gasteiger charge is 2.19. The van der Waals surface area contributed by atoms with E-state index in [0.29, 0.717) is 12.1 Å². The van der Waals surface area contributed by atoms with Crippen molar-refractivity contribution in [3.63, 3.8) is 0 Å². The number of rotatable bonds is 7. The Morgan fingerprint density at radius 2 is 1.88 bits per heavy atom. The number of nitrogens with zero attached hydrogens (tertiary/aromatic N) is 2. The quantitative estimate of drug-likeness (QED) is 0.578. The summed E-state index contributed by atoms with van der Waals surface area (Å²) in [6.45, 7) is 7.97. The van der Waals surface area contributed by atoms with Crippen LogP contribution in [-0.4, -0.2) is 27.6 Å². The summed E-state index contributed by atoms with van der Waals surface area (Å²) in [4.78, 5) is 24.3. The molecule has 0 saturated carbocycles. The van der Waals surface area contributed by atoms with Crippen molar-refractivity contribution in [3.8, 4) is 0 Å². The van der Waals surface area contributed by atoms with E-state index in [4.69, 9.17) is 4.74 Å².